The van der Waals surface area contributed by atoms with Gasteiger partial charge in [-0.3, -0.25) is 0 Å². The molecule has 0 bridgehead atoms. The van der Waals surface area contributed by atoms with Gasteiger partial charge in [0, 0.05) is 90.2 Å². The van der Waals surface area contributed by atoms with Gasteiger partial charge in [-0.25, -0.2) is 0 Å². The molecule has 0 amide bonds. The smallest absolute Gasteiger partial charge is 0.142 e. The minimum absolute atomic E-state index is 0.469. The van der Waals surface area contributed by atoms with Crippen molar-refractivity contribution in [3.05, 3.63) is 497 Å². The minimum Gasteiger partial charge on any atom is -0.497 e. The molecule has 16 N–H and O–H groups in total. The Morgan fingerprint density at radius 1 is 0.178 bits per heavy atom. The van der Waals surface area contributed by atoms with E-state index in [-0.39, 0.29) is 0 Å². The van der Waals surface area contributed by atoms with Gasteiger partial charge < -0.3 is 69.6 Å². The summed E-state index contributed by atoms with van der Waals surface area (Å²) in [6.45, 7) is 10.9. The first kappa shape index (κ1) is 93.1. The third-order valence-corrected chi connectivity index (χ3v) is 26.4. The number of ether oxygens (including phenoxy) is 5. The van der Waals surface area contributed by atoms with Crippen molar-refractivity contribution in [2.45, 2.75) is 56.3 Å². The van der Waals surface area contributed by atoms with E-state index in [1.807, 2.05) is 164 Å². The SMILES string of the molecule is CC(c1ccc(-c2ccccc2)cc1)(c1ccc(N)c(-c2ccccc2)c1)c1ccc(N)c(-c2ccccc2)c1.COc1cc(C(C)(c2ccc(-c3ccccc3)cc2)c2ccc(N)c(OC)c2)ccc1N.COc1cc(N)ccc1C(C)(c1ccc(-c2ccccc2)cc1)c1ccc(N)cc1OC.COc1ccc(N)c(C(C)(c2ccc(-c3ccccc3)cc2)c2cc(C)ccc2N)c1. The molecule has 0 aliphatic carbocycles. The van der Waals surface area contributed by atoms with Crippen molar-refractivity contribution in [1.29, 1.82) is 0 Å². The largest absolute Gasteiger partial charge is 0.497 e. The van der Waals surface area contributed by atoms with Gasteiger partial charge in [-0.15, -0.1) is 0 Å². The Morgan fingerprint density at radius 2 is 0.430 bits per heavy atom. The van der Waals surface area contributed by atoms with Crippen LogP contribution in [0, 0.1) is 6.92 Å². The van der Waals surface area contributed by atoms with Crippen LogP contribution in [0.1, 0.15) is 100 Å². The average Bonchev–Trinajstić information content (AvgIpc) is 0.746. The Balaban J connectivity index is 0.000000138. The molecule has 135 heavy (non-hydrogen) atoms. The van der Waals surface area contributed by atoms with Crippen LogP contribution in [-0.2, 0) is 21.7 Å². The predicted octanol–water partition coefficient (Wildman–Crippen LogP) is 27.2. The molecule has 18 rings (SSSR count). The third-order valence-electron chi connectivity index (χ3n) is 26.4. The topological polar surface area (TPSA) is 254 Å². The summed E-state index contributed by atoms with van der Waals surface area (Å²) in [6.07, 6.45) is 0. The van der Waals surface area contributed by atoms with Gasteiger partial charge in [0.25, 0.3) is 0 Å². The highest BCUT2D eigenvalue weighted by molar-refractivity contribution is 5.82. The molecule has 13 heteroatoms. The lowest BCUT2D eigenvalue weighted by molar-refractivity contribution is 0.392. The fourth-order valence-corrected chi connectivity index (χ4v) is 18.4. The molecule has 0 radical (unpaired) electrons. The van der Waals surface area contributed by atoms with Crippen molar-refractivity contribution in [1.82, 2.24) is 0 Å². The number of anilines is 8. The molecule has 18 aromatic carbocycles. The first-order chi connectivity index (χ1) is 65.4. The highest BCUT2D eigenvalue weighted by atomic mass is 16.5. The fraction of sp³-hybridized carbons (Fsp3) is 0.115. The maximum atomic E-state index is 6.53. The highest BCUT2D eigenvalue weighted by Gasteiger charge is 2.40. The lowest BCUT2D eigenvalue weighted by Gasteiger charge is -2.34. The molecule has 0 aliphatic rings. The van der Waals surface area contributed by atoms with E-state index in [4.69, 9.17) is 69.6 Å². The molecule has 674 valence electrons. The normalized spacial score (nSPS) is 11.6. The molecule has 0 saturated heterocycles. The summed E-state index contributed by atoms with van der Waals surface area (Å²) < 4.78 is 28.1. The first-order valence-electron chi connectivity index (χ1n) is 45.0. The second-order valence-electron chi connectivity index (χ2n) is 34.5. The molecule has 0 saturated carbocycles. The molecule has 1 atom stereocenters. The average molecular weight is 1770 g/mol. The maximum Gasteiger partial charge on any atom is 0.142 e. The summed E-state index contributed by atoms with van der Waals surface area (Å²) in [5.41, 5.74) is 81.7. The van der Waals surface area contributed by atoms with Crippen LogP contribution in [-0.4, -0.2) is 35.5 Å². The van der Waals surface area contributed by atoms with Gasteiger partial charge >= 0.3 is 0 Å². The van der Waals surface area contributed by atoms with E-state index in [1.165, 1.54) is 44.5 Å². The van der Waals surface area contributed by atoms with E-state index >= 15 is 0 Å². The van der Waals surface area contributed by atoms with Gasteiger partial charge in [0.2, 0.25) is 0 Å². The fourth-order valence-electron chi connectivity index (χ4n) is 18.4. The molecule has 0 spiro atoms. The third kappa shape index (κ3) is 19.7. The second kappa shape index (κ2) is 41.2. The van der Waals surface area contributed by atoms with Crippen LogP contribution in [0.3, 0.4) is 0 Å². The Bertz CT molecular complexity index is 6880. The number of nitrogen functional groups attached to an aromatic ring is 8. The Labute approximate surface area is 794 Å². The first-order valence-corrected chi connectivity index (χ1v) is 45.0. The van der Waals surface area contributed by atoms with Gasteiger partial charge in [-0.05, 0) is 231 Å². The van der Waals surface area contributed by atoms with Crippen LogP contribution in [0.4, 0.5) is 45.5 Å². The van der Waals surface area contributed by atoms with Gasteiger partial charge in [0.05, 0.1) is 46.9 Å². The van der Waals surface area contributed by atoms with E-state index in [0.29, 0.717) is 39.9 Å². The van der Waals surface area contributed by atoms with Crippen molar-refractivity contribution >= 4 is 45.5 Å². The number of aryl methyl sites for hydroxylation is 1. The molecule has 1 unspecified atom stereocenters. The monoisotopic (exact) mass is 1770 g/mol. The highest BCUT2D eigenvalue weighted by Crippen LogP contribution is 2.51. The number of hydrogen-bond acceptors (Lipinski definition) is 13. The molecule has 0 aliphatic heterocycles. The van der Waals surface area contributed by atoms with Crippen molar-refractivity contribution < 1.29 is 23.7 Å². The van der Waals surface area contributed by atoms with Crippen LogP contribution in [0.2, 0.25) is 0 Å². The summed E-state index contributed by atoms with van der Waals surface area (Å²) >= 11 is 0. The number of nitrogens with two attached hydrogens (primary N) is 8. The van der Waals surface area contributed by atoms with E-state index < -0.39 is 21.7 Å². The molecule has 18 aromatic rings. The van der Waals surface area contributed by atoms with Gasteiger partial charge in [0.15, 0.2) is 0 Å². The Morgan fingerprint density at radius 3 is 0.741 bits per heavy atom. The summed E-state index contributed by atoms with van der Waals surface area (Å²) in [4.78, 5) is 0. The number of methoxy groups -OCH3 is 5. The van der Waals surface area contributed by atoms with Crippen LogP contribution in [0.25, 0.3) is 66.8 Å². The quantitative estimate of drug-likeness (QED) is 0.0219. The van der Waals surface area contributed by atoms with Gasteiger partial charge in [-0.2, -0.15) is 0 Å². The van der Waals surface area contributed by atoms with Crippen molar-refractivity contribution in [3.8, 4) is 95.5 Å². The van der Waals surface area contributed by atoms with E-state index in [9.17, 15) is 0 Å². The zero-order valence-corrected chi connectivity index (χ0v) is 78.1. The summed E-state index contributed by atoms with van der Waals surface area (Å²) in [5, 5.41) is 0. The van der Waals surface area contributed by atoms with Crippen LogP contribution in [0.15, 0.2) is 425 Å². The molecule has 0 aromatic heterocycles. The maximum absolute atomic E-state index is 6.53. The van der Waals surface area contributed by atoms with E-state index in [2.05, 4.69) is 295 Å². The minimum atomic E-state index is -0.576. The van der Waals surface area contributed by atoms with Crippen molar-refractivity contribution in [2.24, 2.45) is 0 Å². The van der Waals surface area contributed by atoms with Crippen LogP contribution < -0.4 is 69.6 Å². The lowest BCUT2D eigenvalue weighted by Crippen LogP contribution is -2.28. The summed E-state index contributed by atoms with van der Waals surface area (Å²) in [6, 6.07) is 145. The molecular weight excluding hydrogens is 1660 g/mol. The number of hydrogen-bond donors (Lipinski definition) is 8. The lowest BCUT2D eigenvalue weighted by atomic mass is 9.69. The van der Waals surface area contributed by atoms with Gasteiger partial charge in [-0.1, -0.05) is 333 Å². The molecule has 0 heterocycles. The Kier molecular flexibility index (Phi) is 28.4. The summed E-state index contributed by atoms with van der Waals surface area (Å²) in [5.74, 6) is 3.51. The van der Waals surface area contributed by atoms with E-state index in [1.54, 1.807) is 35.5 Å². The van der Waals surface area contributed by atoms with Crippen LogP contribution in [0.5, 0.6) is 28.7 Å². The second-order valence-corrected chi connectivity index (χ2v) is 34.5. The number of benzene rings is 18. The zero-order valence-electron chi connectivity index (χ0n) is 78.1. The molecular formula is C122H116N8O5. The van der Waals surface area contributed by atoms with Crippen molar-refractivity contribution in [3.63, 3.8) is 0 Å². The Hall–Kier alpha value is -16.6. The number of rotatable bonds is 23. The van der Waals surface area contributed by atoms with Crippen LogP contribution >= 0.6 is 0 Å². The predicted molar refractivity (Wildman–Crippen MR) is 565 cm³/mol. The summed E-state index contributed by atoms with van der Waals surface area (Å²) in [7, 11) is 8.26. The van der Waals surface area contributed by atoms with E-state index in [0.717, 1.165) is 129 Å². The van der Waals surface area contributed by atoms with Gasteiger partial charge in [0.1, 0.15) is 28.7 Å². The standard InChI is InChI=1S/C38H32N2.2C28H28N2O2.C28H28N2O/c1-38(31-19-17-28(18-20-31)27-11-5-2-6-12-27,32-21-23-36(39)34(25-32)29-13-7-3-8-14-29)33-22-24-37(40)35(26-33)30-15-9-4-10-16-30;1-28(24-15-13-22(29)17-26(24)31-2,25-16-14-23(30)18-27(25)32-3)21-11-9-20(10-12-21)19-7-5-4-6-8-19;1-28(22-13-15-24(29)26(17-22)31-2,23-14-16-25(30)27(18-23)32-3)21-11-9-20(10-12-21)19-7-5-4-6-8-19;1-19-9-15-26(29)24(17-19)28(2,25-18-23(31-3)14-16-27(25)30)22-12-10-21(11-13-22)20-7-5-4-6-8-20/h2-26H,39-40H2,1H3;2*4-18H,29-30H2,1-3H3;4-18H,29-30H2,1-3H3. The molecule has 0 fully saturated rings. The molecule has 13 nitrogen and oxygen atoms in total. The van der Waals surface area contributed by atoms with Crippen molar-refractivity contribution in [2.75, 3.05) is 81.4 Å². The zero-order chi connectivity index (χ0) is 95.0.